The van der Waals surface area contributed by atoms with Gasteiger partial charge in [-0.3, -0.25) is 9.88 Å². The van der Waals surface area contributed by atoms with E-state index in [-0.39, 0.29) is 0 Å². The van der Waals surface area contributed by atoms with E-state index in [1.807, 2.05) is 36.8 Å². The van der Waals surface area contributed by atoms with Crippen molar-refractivity contribution in [3.05, 3.63) is 76.0 Å². The fourth-order valence-electron chi connectivity index (χ4n) is 3.11. The molecule has 1 unspecified atom stereocenters. The van der Waals surface area contributed by atoms with Crippen LogP contribution in [0.3, 0.4) is 0 Å². The maximum Gasteiger partial charge on any atom is 0.131 e. The molecule has 26 heavy (non-hydrogen) atoms. The molecule has 136 valence electrons. The van der Waals surface area contributed by atoms with Crippen molar-refractivity contribution < 1.29 is 4.74 Å². The summed E-state index contributed by atoms with van der Waals surface area (Å²) in [6, 6.07) is 12.9. The van der Waals surface area contributed by atoms with Gasteiger partial charge in [0.05, 0.1) is 10.7 Å². The molecule has 5 heteroatoms. The molecule has 0 N–H and O–H groups in total. The Balaban J connectivity index is 1.57. The third kappa shape index (κ3) is 4.90. The summed E-state index contributed by atoms with van der Waals surface area (Å²) < 4.78 is 5.83. The number of nitrogens with zero attached hydrogens (tertiary/aromatic N) is 3. The highest BCUT2D eigenvalue weighted by atomic mass is 32.1. The van der Waals surface area contributed by atoms with E-state index in [1.54, 1.807) is 11.3 Å². The number of aryl methyl sites for hydroxylation is 1. The van der Waals surface area contributed by atoms with Gasteiger partial charge >= 0.3 is 0 Å². The van der Waals surface area contributed by atoms with Crippen LogP contribution in [0.15, 0.2) is 54.2 Å². The molecule has 0 aliphatic carbocycles. The minimum absolute atomic E-state index is 0.391. The van der Waals surface area contributed by atoms with Gasteiger partial charge in [0.1, 0.15) is 12.4 Å². The van der Waals surface area contributed by atoms with E-state index in [0.717, 1.165) is 29.4 Å². The van der Waals surface area contributed by atoms with Crippen LogP contribution in [0.2, 0.25) is 0 Å². The molecular formula is C21H25N3OS. The molecule has 0 aliphatic rings. The Morgan fingerprint density at radius 1 is 1.12 bits per heavy atom. The molecule has 0 saturated carbocycles. The molecule has 1 aromatic carbocycles. The van der Waals surface area contributed by atoms with Crippen molar-refractivity contribution in [1.29, 1.82) is 0 Å². The number of thiazole rings is 1. The van der Waals surface area contributed by atoms with Gasteiger partial charge in [0.25, 0.3) is 0 Å². The third-order valence-corrected chi connectivity index (χ3v) is 5.24. The molecule has 3 rings (SSSR count). The average Bonchev–Trinajstić information content (AvgIpc) is 3.08. The monoisotopic (exact) mass is 367 g/mol. The van der Waals surface area contributed by atoms with E-state index < -0.39 is 0 Å². The third-order valence-electron chi connectivity index (χ3n) is 4.42. The molecule has 0 aliphatic heterocycles. The van der Waals surface area contributed by atoms with Gasteiger partial charge in [-0.1, -0.05) is 19.1 Å². The first kappa shape index (κ1) is 18.5. The van der Waals surface area contributed by atoms with Gasteiger partial charge in [-0.25, -0.2) is 4.98 Å². The summed E-state index contributed by atoms with van der Waals surface area (Å²) in [6.45, 7) is 5.64. The van der Waals surface area contributed by atoms with E-state index in [9.17, 15) is 0 Å². The Hall–Kier alpha value is -2.24. The highest BCUT2D eigenvalue weighted by Crippen LogP contribution is 2.24. The Kier molecular flexibility index (Phi) is 6.36. The average molecular weight is 368 g/mol. The minimum atomic E-state index is 0.391. The van der Waals surface area contributed by atoms with Crippen molar-refractivity contribution in [2.24, 2.45) is 0 Å². The maximum atomic E-state index is 5.83. The maximum absolute atomic E-state index is 5.83. The molecule has 0 saturated heterocycles. The lowest BCUT2D eigenvalue weighted by molar-refractivity contribution is 0.230. The molecule has 4 nitrogen and oxygen atoms in total. The van der Waals surface area contributed by atoms with Gasteiger partial charge < -0.3 is 4.74 Å². The zero-order valence-corrected chi connectivity index (χ0v) is 16.4. The van der Waals surface area contributed by atoms with Crippen LogP contribution in [0.25, 0.3) is 0 Å². The highest BCUT2D eigenvalue weighted by molar-refractivity contribution is 7.09. The second kappa shape index (κ2) is 8.92. The number of aromatic nitrogens is 2. The molecule has 2 heterocycles. The molecular weight excluding hydrogens is 342 g/mol. The van der Waals surface area contributed by atoms with Crippen molar-refractivity contribution in [3.63, 3.8) is 0 Å². The topological polar surface area (TPSA) is 38.2 Å². The van der Waals surface area contributed by atoms with Crippen LogP contribution in [0.1, 0.15) is 41.2 Å². The number of benzene rings is 1. The van der Waals surface area contributed by atoms with Crippen LogP contribution in [0.5, 0.6) is 5.75 Å². The first-order valence-corrected chi connectivity index (χ1v) is 9.76. The van der Waals surface area contributed by atoms with E-state index in [1.165, 1.54) is 11.1 Å². The quantitative estimate of drug-likeness (QED) is 0.561. The summed E-state index contributed by atoms with van der Waals surface area (Å²) in [5.41, 5.74) is 3.57. The summed E-state index contributed by atoms with van der Waals surface area (Å²) in [5.74, 6) is 0.878. The van der Waals surface area contributed by atoms with Gasteiger partial charge in [0.2, 0.25) is 0 Å². The summed E-state index contributed by atoms with van der Waals surface area (Å²) in [7, 11) is 2.17. The second-order valence-corrected chi connectivity index (χ2v) is 7.47. The van der Waals surface area contributed by atoms with Gasteiger partial charge in [-0.2, -0.15) is 0 Å². The fourth-order valence-corrected chi connectivity index (χ4v) is 3.71. The Labute approximate surface area is 159 Å². The van der Waals surface area contributed by atoms with Crippen LogP contribution in [0, 0.1) is 6.92 Å². The van der Waals surface area contributed by atoms with E-state index in [2.05, 4.69) is 53.1 Å². The zero-order chi connectivity index (χ0) is 18.4. The summed E-state index contributed by atoms with van der Waals surface area (Å²) in [5, 5.41) is 3.12. The Morgan fingerprint density at radius 3 is 2.46 bits per heavy atom. The van der Waals surface area contributed by atoms with Crippen LogP contribution in [-0.2, 0) is 13.2 Å². The minimum Gasteiger partial charge on any atom is -0.487 e. The lowest BCUT2D eigenvalue weighted by atomic mass is 10.0. The number of rotatable bonds is 8. The predicted octanol–water partition coefficient (Wildman–Crippen LogP) is 5.01. The van der Waals surface area contributed by atoms with Crippen molar-refractivity contribution in [2.75, 3.05) is 7.05 Å². The van der Waals surface area contributed by atoms with Crippen molar-refractivity contribution in [3.8, 4) is 5.75 Å². The standard InChI is InChI=1S/C21H25N3OS/c1-4-21(18-9-11-22-12-10-18)24(3)13-17-5-7-20(8-6-17)25-14-19-15-26-16(2)23-19/h5-12,15,21H,4,13-14H2,1-3H3. The summed E-state index contributed by atoms with van der Waals surface area (Å²) in [4.78, 5) is 10.9. The Bertz CT molecular complexity index is 802. The van der Waals surface area contributed by atoms with E-state index in [0.29, 0.717) is 12.6 Å². The first-order valence-electron chi connectivity index (χ1n) is 8.88. The van der Waals surface area contributed by atoms with Crippen LogP contribution in [-0.4, -0.2) is 21.9 Å². The molecule has 0 radical (unpaired) electrons. The van der Waals surface area contributed by atoms with E-state index >= 15 is 0 Å². The van der Waals surface area contributed by atoms with Gasteiger partial charge in [-0.15, -0.1) is 11.3 Å². The lowest BCUT2D eigenvalue weighted by Crippen LogP contribution is -2.23. The zero-order valence-electron chi connectivity index (χ0n) is 15.6. The molecule has 2 aromatic heterocycles. The normalized spacial score (nSPS) is 12.3. The second-order valence-electron chi connectivity index (χ2n) is 6.41. The van der Waals surface area contributed by atoms with Gasteiger partial charge in [0.15, 0.2) is 0 Å². The smallest absolute Gasteiger partial charge is 0.131 e. The van der Waals surface area contributed by atoms with Crippen LogP contribution in [0.4, 0.5) is 0 Å². The number of pyridine rings is 1. The molecule has 0 fully saturated rings. The highest BCUT2D eigenvalue weighted by Gasteiger charge is 2.15. The summed E-state index contributed by atoms with van der Waals surface area (Å²) >= 11 is 1.65. The molecule has 1 atom stereocenters. The summed E-state index contributed by atoms with van der Waals surface area (Å²) in [6.07, 6.45) is 4.79. The number of hydrogen-bond acceptors (Lipinski definition) is 5. The van der Waals surface area contributed by atoms with Crippen molar-refractivity contribution in [1.82, 2.24) is 14.9 Å². The predicted molar refractivity (Wildman–Crippen MR) is 106 cm³/mol. The first-order chi connectivity index (χ1) is 12.7. The number of hydrogen-bond donors (Lipinski definition) is 0. The van der Waals surface area contributed by atoms with E-state index in [4.69, 9.17) is 4.74 Å². The molecule has 0 amide bonds. The van der Waals surface area contributed by atoms with Crippen molar-refractivity contribution in [2.45, 2.75) is 39.5 Å². The fraction of sp³-hybridized carbons (Fsp3) is 0.333. The molecule has 0 bridgehead atoms. The Morgan fingerprint density at radius 2 is 1.85 bits per heavy atom. The van der Waals surface area contributed by atoms with Crippen LogP contribution >= 0.6 is 11.3 Å². The van der Waals surface area contributed by atoms with Gasteiger partial charge in [0, 0.05) is 30.4 Å². The number of ether oxygens (including phenoxy) is 1. The van der Waals surface area contributed by atoms with Crippen molar-refractivity contribution >= 4 is 11.3 Å². The SMILES string of the molecule is CCC(c1ccncc1)N(C)Cc1ccc(OCc2csc(C)n2)cc1. The largest absolute Gasteiger partial charge is 0.487 e. The van der Waals surface area contributed by atoms with Gasteiger partial charge in [-0.05, 0) is 55.8 Å². The lowest BCUT2D eigenvalue weighted by Gasteiger charge is -2.27. The van der Waals surface area contributed by atoms with Crippen LogP contribution < -0.4 is 4.74 Å². The molecule has 3 aromatic rings. The molecule has 0 spiro atoms.